The van der Waals surface area contributed by atoms with Crippen LogP contribution in [0, 0.1) is 18.8 Å². The summed E-state index contributed by atoms with van der Waals surface area (Å²) in [7, 11) is 0. The summed E-state index contributed by atoms with van der Waals surface area (Å²) in [5, 5.41) is 6.35. The van der Waals surface area contributed by atoms with Crippen molar-refractivity contribution in [3.8, 4) is 0 Å². The van der Waals surface area contributed by atoms with Crippen molar-refractivity contribution in [1.82, 2.24) is 14.7 Å². The van der Waals surface area contributed by atoms with Crippen molar-refractivity contribution in [2.24, 2.45) is 11.8 Å². The van der Waals surface area contributed by atoms with Gasteiger partial charge in [0, 0.05) is 72.9 Å². The van der Waals surface area contributed by atoms with Gasteiger partial charge in [0.2, 0.25) is 0 Å². The molecule has 1 saturated carbocycles. The average molecular weight is 480 g/mol. The molecule has 0 N–H and O–H groups in total. The van der Waals surface area contributed by atoms with Gasteiger partial charge in [-0.2, -0.15) is 5.10 Å². The second kappa shape index (κ2) is 9.88. The van der Waals surface area contributed by atoms with Crippen molar-refractivity contribution in [2.45, 2.75) is 39.2 Å². The van der Waals surface area contributed by atoms with Gasteiger partial charge in [-0.05, 0) is 74.1 Å². The lowest BCUT2D eigenvalue weighted by molar-refractivity contribution is 0.0462. The van der Waals surface area contributed by atoms with Gasteiger partial charge in [0.25, 0.3) is 5.91 Å². The molecular weight excluding hydrogens is 450 g/mol. The largest absolute Gasteiger partial charge is 0.381 e. The van der Waals surface area contributed by atoms with Crippen LogP contribution in [0.5, 0.6) is 0 Å². The molecule has 1 aliphatic carbocycles. The van der Waals surface area contributed by atoms with Gasteiger partial charge in [0.05, 0.1) is 5.52 Å². The van der Waals surface area contributed by atoms with Gasteiger partial charge >= 0.3 is 0 Å². The standard InChI is InChI=1S/C27H30ClN3O3/c1-18-23(26(32)3-2-12-34-17-19-4-5-19)10-11-25-24(18)16-31(29-25)15-20-13-30(14-20)27(33)21-6-8-22(28)9-7-21/h6-11,16,19-20H,2-5,12-15,17H2,1H3. The topological polar surface area (TPSA) is 64.4 Å². The van der Waals surface area contributed by atoms with E-state index in [1.54, 1.807) is 24.3 Å². The van der Waals surface area contributed by atoms with Crippen LogP contribution in [0.15, 0.2) is 42.6 Å². The summed E-state index contributed by atoms with van der Waals surface area (Å²) >= 11 is 5.92. The van der Waals surface area contributed by atoms with E-state index in [1.807, 2.05) is 34.8 Å². The minimum atomic E-state index is 0.0375. The number of carbonyl (C=O) groups excluding carboxylic acids is 2. The third-order valence-electron chi connectivity index (χ3n) is 6.83. The van der Waals surface area contributed by atoms with E-state index < -0.39 is 0 Å². The number of rotatable bonds is 10. The fourth-order valence-corrected chi connectivity index (χ4v) is 4.70. The zero-order chi connectivity index (χ0) is 23.7. The molecule has 2 heterocycles. The number of aryl methyl sites for hydroxylation is 1. The number of hydrogen-bond donors (Lipinski definition) is 0. The van der Waals surface area contributed by atoms with Crippen LogP contribution < -0.4 is 0 Å². The molecule has 2 fully saturated rings. The normalized spacial score (nSPS) is 16.1. The number of likely N-dealkylation sites (tertiary alicyclic amines) is 1. The second-order valence-corrected chi connectivity index (χ2v) is 10.1. The number of hydrogen-bond acceptors (Lipinski definition) is 4. The van der Waals surface area contributed by atoms with Crippen LogP contribution in [-0.2, 0) is 11.3 Å². The van der Waals surface area contributed by atoms with E-state index in [1.165, 1.54) is 12.8 Å². The van der Waals surface area contributed by atoms with Crippen LogP contribution in [-0.4, -0.2) is 52.7 Å². The van der Waals surface area contributed by atoms with Gasteiger partial charge in [-0.3, -0.25) is 14.3 Å². The molecule has 0 bridgehead atoms. The Bertz CT molecular complexity index is 1190. The molecule has 0 radical (unpaired) electrons. The third kappa shape index (κ3) is 5.18. The van der Waals surface area contributed by atoms with E-state index in [0.717, 1.165) is 47.5 Å². The highest BCUT2D eigenvalue weighted by Crippen LogP contribution is 2.29. The van der Waals surface area contributed by atoms with Crippen molar-refractivity contribution in [3.05, 3.63) is 64.3 Å². The smallest absolute Gasteiger partial charge is 0.253 e. The maximum atomic E-state index is 12.8. The minimum Gasteiger partial charge on any atom is -0.381 e. The summed E-state index contributed by atoms with van der Waals surface area (Å²) < 4.78 is 7.61. The summed E-state index contributed by atoms with van der Waals surface area (Å²) in [6, 6.07) is 10.9. The predicted molar refractivity (Wildman–Crippen MR) is 132 cm³/mol. The molecule has 178 valence electrons. The summed E-state index contributed by atoms with van der Waals surface area (Å²) in [6.07, 6.45) is 5.86. The number of aromatic nitrogens is 2. The number of benzene rings is 2. The molecule has 3 aromatic rings. The Morgan fingerprint density at radius 2 is 1.85 bits per heavy atom. The van der Waals surface area contributed by atoms with Gasteiger partial charge < -0.3 is 9.64 Å². The Morgan fingerprint density at radius 3 is 2.59 bits per heavy atom. The van der Waals surface area contributed by atoms with Crippen molar-refractivity contribution in [1.29, 1.82) is 0 Å². The maximum absolute atomic E-state index is 12.8. The van der Waals surface area contributed by atoms with E-state index in [4.69, 9.17) is 21.4 Å². The lowest BCUT2D eigenvalue weighted by Gasteiger charge is -2.39. The molecular formula is C27H30ClN3O3. The first-order chi connectivity index (χ1) is 16.5. The Labute approximate surface area is 204 Å². The number of ether oxygens (including phenoxy) is 1. The van der Waals surface area contributed by atoms with Crippen LogP contribution >= 0.6 is 11.6 Å². The van der Waals surface area contributed by atoms with Crippen LogP contribution in [0.25, 0.3) is 10.9 Å². The van der Waals surface area contributed by atoms with Gasteiger partial charge in [0.15, 0.2) is 5.78 Å². The van der Waals surface area contributed by atoms with E-state index in [-0.39, 0.29) is 11.7 Å². The highest BCUT2D eigenvalue weighted by molar-refractivity contribution is 6.30. The van der Waals surface area contributed by atoms with Gasteiger partial charge in [-0.25, -0.2) is 0 Å². The molecule has 0 spiro atoms. The van der Waals surface area contributed by atoms with Crippen molar-refractivity contribution in [3.63, 3.8) is 0 Å². The van der Waals surface area contributed by atoms with Crippen LogP contribution in [0.2, 0.25) is 5.02 Å². The molecule has 7 heteroatoms. The molecule has 1 aliphatic heterocycles. The second-order valence-electron chi connectivity index (χ2n) is 9.65. The maximum Gasteiger partial charge on any atom is 0.253 e. The molecule has 6 nitrogen and oxygen atoms in total. The lowest BCUT2D eigenvalue weighted by Crippen LogP contribution is -2.51. The molecule has 0 unspecified atom stereocenters. The number of nitrogens with zero attached hydrogens (tertiary/aromatic N) is 3. The fraction of sp³-hybridized carbons (Fsp3) is 0.444. The van der Waals surface area contributed by atoms with Gasteiger partial charge in [0.1, 0.15) is 0 Å². The zero-order valence-electron chi connectivity index (χ0n) is 19.5. The molecule has 0 atom stereocenters. The number of halogens is 1. The molecule has 5 rings (SSSR count). The quantitative estimate of drug-likeness (QED) is 0.297. The molecule has 1 saturated heterocycles. The highest BCUT2D eigenvalue weighted by atomic mass is 35.5. The van der Waals surface area contributed by atoms with E-state index in [2.05, 4.69) is 0 Å². The summed E-state index contributed by atoms with van der Waals surface area (Å²) in [5.74, 6) is 1.32. The first-order valence-electron chi connectivity index (χ1n) is 12.1. The predicted octanol–water partition coefficient (Wildman–Crippen LogP) is 5.16. The first-order valence-corrected chi connectivity index (χ1v) is 12.5. The lowest BCUT2D eigenvalue weighted by atomic mass is 9.98. The SMILES string of the molecule is Cc1c(C(=O)CCCOCC2CC2)ccc2nn(CC3CN(C(=O)c4ccc(Cl)cc4)C3)cc12. The van der Waals surface area contributed by atoms with Gasteiger partial charge in [-0.15, -0.1) is 0 Å². The number of Topliss-reactive ketones (excluding diaryl/α,β-unsaturated/α-hetero) is 1. The van der Waals surface area contributed by atoms with Gasteiger partial charge in [-0.1, -0.05) is 11.6 Å². The Balaban J connectivity index is 1.15. The summed E-state index contributed by atoms with van der Waals surface area (Å²) in [5.41, 5.74) is 3.32. The molecule has 34 heavy (non-hydrogen) atoms. The number of carbonyl (C=O) groups is 2. The van der Waals surface area contributed by atoms with Crippen LogP contribution in [0.3, 0.4) is 0 Å². The van der Waals surface area contributed by atoms with Crippen molar-refractivity contribution < 1.29 is 14.3 Å². The number of ketones is 1. The summed E-state index contributed by atoms with van der Waals surface area (Å²) in [4.78, 5) is 27.2. The fourth-order valence-electron chi connectivity index (χ4n) is 4.57. The van der Waals surface area contributed by atoms with Crippen LogP contribution in [0.4, 0.5) is 0 Å². The van der Waals surface area contributed by atoms with E-state index >= 15 is 0 Å². The highest BCUT2D eigenvalue weighted by Gasteiger charge is 2.31. The van der Waals surface area contributed by atoms with E-state index in [0.29, 0.717) is 42.6 Å². The van der Waals surface area contributed by atoms with Crippen LogP contribution in [0.1, 0.15) is 52.0 Å². The Kier molecular flexibility index (Phi) is 6.70. The monoisotopic (exact) mass is 479 g/mol. The third-order valence-corrected chi connectivity index (χ3v) is 7.08. The number of fused-ring (bicyclic) bond motifs is 1. The molecule has 2 aliphatic rings. The Morgan fingerprint density at radius 1 is 1.09 bits per heavy atom. The Hall–Kier alpha value is -2.70. The summed E-state index contributed by atoms with van der Waals surface area (Å²) in [6.45, 7) is 5.67. The number of amides is 1. The van der Waals surface area contributed by atoms with E-state index in [9.17, 15) is 9.59 Å². The van der Waals surface area contributed by atoms with Crippen molar-refractivity contribution in [2.75, 3.05) is 26.3 Å². The minimum absolute atomic E-state index is 0.0375. The first kappa shape index (κ1) is 23.1. The molecule has 1 amide bonds. The average Bonchev–Trinajstić information content (AvgIpc) is 3.53. The molecule has 1 aromatic heterocycles. The van der Waals surface area contributed by atoms with Crippen molar-refractivity contribution >= 4 is 34.2 Å². The molecule has 2 aromatic carbocycles. The zero-order valence-corrected chi connectivity index (χ0v) is 20.3.